The van der Waals surface area contributed by atoms with E-state index in [1.807, 2.05) is 0 Å². The van der Waals surface area contributed by atoms with Crippen molar-refractivity contribution in [1.29, 1.82) is 0 Å². The Balaban J connectivity index is 1.56. The third kappa shape index (κ3) is 4.60. The van der Waals surface area contributed by atoms with Gasteiger partial charge in [-0.3, -0.25) is 9.59 Å². The molecule has 8 nitrogen and oxygen atoms in total. The van der Waals surface area contributed by atoms with Crippen LogP contribution in [-0.4, -0.2) is 52.7 Å². The van der Waals surface area contributed by atoms with Gasteiger partial charge in [0.25, 0.3) is 5.91 Å². The highest BCUT2D eigenvalue weighted by Gasteiger charge is 2.23. The molecule has 1 atom stereocenters. The summed E-state index contributed by atoms with van der Waals surface area (Å²) in [6, 6.07) is 8.61. The Morgan fingerprint density at radius 1 is 1.38 bits per heavy atom. The lowest BCUT2D eigenvalue weighted by atomic mass is 10.1. The van der Waals surface area contributed by atoms with Crippen molar-refractivity contribution in [3.8, 4) is 0 Å². The van der Waals surface area contributed by atoms with Gasteiger partial charge in [-0.05, 0) is 38.0 Å². The molecule has 0 spiro atoms. The first kappa shape index (κ1) is 17.9. The lowest BCUT2D eigenvalue weighted by Gasteiger charge is -2.30. The molecule has 8 heteroatoms. The molecule has 1 aliphatic heterocycles. The second kappa shape index (κ2) is 8.01. The molecule has 1 aromatic heterocycles. The van der Waals surface area contributed by atoms with Gasteiger partial charge in [-0.15, -0.1) is 0 Å². The molecule has 3 rings (SSSR count). The Kier molecular flexibility index (Phi) is 5.52. The quantitative estimate of drug-likeness (QED) is 0.750. The van der Waals surface area contributed by atoms with Gasteiger partial charge in [0.05, 0.1) is 12.6 Å². The summed E-state index contributed by atoms with van der Waals surface area (Å²) in [4.78, 5) is 26.2. The van der Waals surface area contributed by atoms with Crippen LogP contribution in [0.2, 0.25) is 0 Å². The summed E-state index contributed by atoms with van der Waals surface area (Å²) in [6.45, 7) is 2.78. The molecule has 2 heterocycles. The van der Waals surface area contributed by atoms with Crippen LogP contribution in [0.1, 0.15) is 29.0 Å². The number of likely N-dealkylation sites (tertiary alicyclic amines) is 1. The maximum atomic E-state index is 12.6. The van der Waals surface area contributed by atoms with Crippen molar-refractivity contribution in [1.82, 2.24) is 10.1 Å². The average molecular weight is 358 g/mol. The molecule has 0 saturated carbocycles. The van der Waals surface area contributed by atoms with E-state index < -0.39 is 6.10 Å². The highest BCUT2D eigenvalue weighted by atomic mass is 16.5. The van der Waals surface area contributed by atoms with E-state index in [0.717, 1.165) is 12.8 Å². The van der Waals surface area contributed by atoms with E-state index in [1.54, 1.807) is 42.2 Å². The zero-order valence-electron chi connectivity index (χ0n) is 14.6. The van der Waals surface area contributed by atoms with Crippen molar-refractivity contribution >= 4 is 23.3 Å². The molecule has 0 unspecified atom stereocenters. The van der Waals surface area contributed by atoms with E-state index in [2.05, 4.69) is 15.8 Å². The Hall–Kier alpha value is -2.87. The summed E-state index contributed by atoms with van der Waals surface area (Å²) < 4.78 is 4.89. The number of carbonyl (C=O) groups excluding carboxylic acids is 2. The van der Waals surface area contributed by atoms with Gasteiger partial charge >= 0.3 is 0 Å². The van der Waals surface area contributed by atoms with E-state index in [9.17, 15) is 14.7 Å². The van der Waals surface area contributed by atoms with Crippen LogP contribution in [-0.2, 0) is 4.79 Å². The van der Waals surface area contributed by atoms with E-state index in [0.29, 0.717) is 35.9 Å². The zero-order chi connectivity index (χ0) is 18.5. The lowest BCUT2D eigenvalue weighted by molar-refractivity contribution is -0.114. The minimum Gasteiger partial charge on any atom is -0.391 e. The smallest absolute Gasteiger partial charge is 0.254 e. The second-order valence-electron chi connectivity index (χ2n) is 6.35. The van der Waals surface area contributed by atoms with Crippen molar-refractivity contribution in [2.24, 2.45) is 0 Å². The number of amides is 2. The van der Waals surface area contributed by atoms with Gasteiger partial charge < -0.3 is 25.2 Å². The largest absolute Gasteiger partial charge is 0.391 e. The number of benzene rings is 1. The van der Waals surface area contributed by atoms with E-state index in [1.165, 1.54) is 0 Å². The summed E-state index contributed by atoms with van der Waals surface area (Å²) in [5, 5.41) is 19.0. The fraction of sp³-hybridized carbons (Fsp3) is 0.389. The number of aromatic nitrogens is 1. The van der Waals surface area contributed by atoms with Crippen LogP contribution in [0.5, 0.6) is 0 Å². The molecule has 0 radical (unpaired) electrons. The number of nitrogens with zero attached hydrogens (tertiary/aromatic N) is 2. The minimum atomic E-state index is -0.460. The van der Waals surface area contributed by atoms with E-state index in [4.69, 9.17) is 4.52 Å². The molecule has 138 valence electrons. The van der Waals surface area contributed by atoms with Crippen molar-refractivity contribution in [2.75, 3.05) is 30.3 Å². The minimum absolute atomic E-state index is 0.0337. The third-order valence-corrected chi connectivity index (χ3v) is 4.14. The number of aliphatic hydroxyl groups is 1. The summed E-state index contributed by atoms with van der Waals surface area (Å²) in [5.41, 5.74) is 1.19. The Bertz CT molecular complexity index is 789. The monoisotopic (exact) mass is 358 g/mol. The SMILES string of the molecule is Cc1cc(NC(=O)CNc2cccc(C(=O)N3CCC[C@@H](O)C3)c2)no1. The van der Waals surface area contributed by atoms with Crippen molar-refractivity contribution in [3.63, 3.8) is 0 Å². The predicted molar refractivity (Wildman–Crippen MR) is 95.9 cm³/mol. The predicted octanol–water partition coefficient (Wildman–Crippen LogP) is 1.63. The van der Waals surface area contributed by atoms with Gasteiger partial charge in [-0.2, -0.15) is 0 Å². The molecule has 0 bridgehead atoms. The standard InChI is InChI=1S/C18H22N4O4/c1-12-8-16(21-26-12)20-17(24)10-19-14-5-2-4-13(9-14)18(25)22-7-3-6-15(23)11-22/h2,4-5,8-9,15,19,23H,3,6-7,10-11H2,1H3,(H,20,21,24)/t15-/m1/s1. The molecule has 1 aromatic carbocycles. The van der Waals surface area contributed by atoms with Crippen molar-refractivity contribution in [2.45, 2.75) is 25.9 Å². The maximum absolute atomic E-state index is 12.6. The molecule has 1 fully saturated rings. The van der Waals surface area contributed by atoms with Gasteiger partial charge in [0.15, 0.2) is 5.82 Å². The highest BCUT2D eigenvalue weighted by Crippen LogP contribution is 2.17. The second-order valence-corrected chi connectivity index (χ2v) is 6.35. The normalized spacial score (nSPS) is 17.0. The molecule has 1 saturated heterocycles. The van der Waals surface area contributed by atoms with Crippen LogP contribution in [0.3, 0.4) is 0 Å². The number of rotatable bonds is 5. The summed E-state index contributed by atoms with van der Waals surface area (Å²) in [7, 11) is 0. The highest BCUT2D eigenvalue weighted by molar-refractivity contribution is 5.96. The fourth-order valence-corrected chi connectivity index (χ4v) is 2.88. The first-order valence-electron chi connectivity index (χ1n) is 8.56. The van der Waals surface area contributed by atoms with Crippen LogP contribution >= 0.6 is 0 Å². The zero-order valence-corrected chi connectivity index (χ0v) is 14.6. The molecule has 1 aliphatic rings. The lowest BCUT2D eigenvalue weighted by Crippen LogP contribution is -2.42. The Morgan fingerprint density at radius 3 is 2.96 bits per heavy atom. The number of hydrogen-bond donors (Lipinski definition) is 3. The summed E-state index contributed by atoms with van der Waals surface area (Å²) >= 11 is 0. The first-order valence-corrected chi connectivity index (χ1v) is 8.56. The Morgan fingerprint density at radius 2 is 2.23 bits per heavy atom. The van der Waals surface area contributed by atoms with E-state index >= 15 is 0 Å². The molecule has 3 N–H and O–H groups in total. The van der Waals surface area contributed by atoms with Crippen LogP contribution < -0.4 is 10.6 Å². The third-order valence-electron chi connectivity index (χ3n) is 4.14. The maximum Gasteiger partial charge on any atom is 0.254 e. The molecule has 2 aromatic rings. The first-order chi connectivity index (χ1) is 12.5. The summed E-state index contributed by atoms with van der Waals surface area (Å²) in [5.74, 6) is 0.591. The van der Waals surface area contributed by atoms with Crippen LogP contribution in [0.15, 0.2) is 34.9 Å². The Labute approximate surface area is 151 Å². The number of hydrogen-bond acceptors (Lipinski definition) is 6. The number of anilines is 2. The van der Waals surface area contributed by atoms with Crippen LogP contribution in [0.25, 0.3) is 0 Å². The van der Waals surface area contributed by atoms with Gasteiger partial charge in [0.2, 0.25) is 5.91 Å². The van der Waals surface area contributed by atoms with Crippen LogP contribution in [0.4, 0.5) is 11.5 Å². The number of aliphatic hydroxyl groups excluding tert-OH is 1. The van der Waals surface area contributed by atoms with Crippen LogP contribution in [0, 0.1) is 6.92 Å². The summed E-state index contributed by atoms with van der Waals surface area (Å²) in [6.07, 6.45) is 1.07. The average Bonchev–Trinajstić information content (AvgIpc) is 3.04. The van der Waals surface area contributed by atoms with Gasteiger partial charge in [-0.1, -0.05) is 11.2 Å². The number of β-amino-alcohol motifs (C(OH)–C–C–N with tert-alkyl or cyclic N) is 1. The number of piperidine rings is 1. The number of aryl methyl sites for hydroxylation is 1. The molecule has 26 heavy (non-hydrogen) atoms. The van der Waals surface area contributed by atoms with Crippen molar-refractivity contribution < 1.29 is 19.2 Å². The molecular formula is C18H22N4O4. The van der Waals surface area contributed by atoms with Gasteiger partial charge in [0, 0.05) is 30.4 Å². The fourth-order valence-electron chi connectivity index (χ4n) is 2.88. The topological polar surface area (TPSA) is 108 Å². The number of nitrogens with one attached hydrogen (secondary N) is 2. The number of carbonyl (C=O) groups is 2. The van der Waals surface area contributed by atoms with Gasteiger partial charge in [0.1, 0.15) is 5.76 Å². The molecule has 2 amide bonds. The van der Waals surface area contributed by atoms with Gasteiger partial charge in [-0.25, -0.2) is 0 Å². The molecular weight excluding hydrogens is 336 g/mol. The van der Waals surface area contributed by atoms with Crippen molar-refractivity contribution in [3.05, 3.63) is 41.7 Å². The molecule has 0 aliphatic carbocycles. The van der Waals surface area contributed by atoms with E-state index in [-0.39, 0.29) is 18.4 Å².